The zero-order valence-corrected chi connectivity index (χ0v) is 18.4. The first-order valence-corrected chi connectivity index (χ1v) is 10.2. The van der Waals surface area contributed by atoms with E-state index in [4.69, 9.17) is 28.2 Å². The third-order valence-electron chi connectivity index (χ3n) is 4.79. The van der Waals surface area contributed by atoms with Crippen LogP contribution in [0.1, 0.15) is 16.1 Å². The Morgan fingerprint density at radius 1 is 1.18 bits per heavy atom. The van der Waals surface area contributed by atoms with Crippen LogP contribution >= 0.6 is 23.8 Å². The van der Waals surface area contributed by atoms with Gasteiger partial charge in [0.1, 0.15) is 17.1 Å². The molecule has 0 bridgehead atoms. The number of hydrogen-bond donors (Lipinski definition) is 2. The maximum Gasteiger partial charge on any atom is 0.335 e. The number of carbonyl (C=O) groups excluding carboxylic acids is 2. The lowest BCUT2D eigenvalue weighted by molar-refractivity contribution is -0.384. The Labute approximate surface area is 201 Å². The molecule has 0 radical (unpaired) electrons. The molecule has 2 amide bonds. The minimum atomic E-state index is -1.19. The van der Waals surface area contributed by atoms with Gasteiger partial charge >= 0.3 is 5.97 Å². The van der Waals surface area contributed by atoms with Gasteiger partial charge in [-0.2, -0.15) is 0 Å². The molecule has 0 unspecified atom stereocenters. The first kappa shape index (κ1) is 22.8. The molecule has 0 aliphatic carbocycles. The number of nitro groups is 1. The molecule has 2 N–H and O–H groups in total. The van der Waals surface area contributed by atoms with E-state index >= 15 is 0 Å². The molecule has 10 nitrogen and oxygen atoms in total. The van der Waals surface area contributed by atoms with Gasteiger partial charge in [0.2, 0.25) is 0 Å². The van der Waals surface area contributed by atoms with E-state index < -0.39 is 22.7 Å². The number of carboxylic acids is 1. The average Bonchev–Trinajstić information content (AvgIpc) is 3.25. The monoisotopic (exact) mass is 497 g/mol. The van der Waals surface area contributed by atoms with Crippen molar-refractivity contribution in [2.24, 2.45) is 0 Å². The maximum atomic E-state index is 13.1. The van der Waals surface area contributed by atoms with Gasteiger partial charge in [-0.25, -0.2) is 4.79 Å². The fraction of sp³-hybridized carbons (Fsp3) is 0. The summed E-state index contributed by atoms with van der Waals surface area (Å²) in [4.78, 5) is 48.3. The van der Waals surface area contributed by atoms with Gasteiger partial charge in [0.15, 0.2) is 5.11 Å². The van der Waals surface area contributed by atoms with Gasteiger partial charge in [0, 0.05) is 17.7 Å². The lowest BCUT2D eigenvalue weighted by Gasteiger charge is -2.28. The Kier molecular flexibility index (Phi) is 5.97. The standard InChI is InChI=1S/C22H12ClN3O7S/c23-17-6-4-13(26(31)32)9-15(17)18-7-5-14(33-18)10-16-19(27)24-22(34)25(20(16)28)12-3-1-2-11(8-12)21(29)30/h1-10H,(H,29,30)(H,24,27,34). The number of aromatic carboxylic acids is 1. The summed E-state index contributed by atoms with van der Waals surface area (Å²) in [5, 5.41) is 22.7. The SMILES string of the molecule is O=C1NC(=S)N(c2cccc(C(=O)O)c2)C(=O)C1=Cc1ccc(-c2cc([N+](=O)[O-])ccc2Cl)o1. The predicted octanol–water partition coefficient (Wildman–Crippen LogP) is 4.04. The Morgan fingerprint density at radius 2 is 1.94 bits per heavy atom. The number of hydrogen-bond acceptors (Lipinski definition) is 7. The zero-order chi connectivity index (χ0) is 24.6. The van der Waals surface area contributed by atoms with E-state index in [9.17, 15) is 29.6 Å². The van der Waals surface area contributed by atoms with E-state index in [0.717, 1.165) is 4.90 Å². The molecule has 3 aromatic rings. The molecule has 1 aromatic heterocycles. The molecular weight excluding hydrogens is 486 g/mol. The fourth-order valence-corrected chi connectivity index (χ4v) is 3.69. The van der Waals surface area contributed by atoms with Crippen LogP contribution in [0, 0.1) is 10.1 Å². The number of thiocarbonyl (C=S) groups is 1. The topological polar surface area (TPSA) is 143 Å². The Morgan fingerprint density at radius 3 is 2.65 bits per heavy atom. The summed E-state index contributed by atoms with van der Waals surface area (Å²) in [5.41, 5.74) is -0.164. The van der Waals surface area contributed by atoms with E-state index in [1.807, 2.05) is 0 Å². The normalized spacial score (nSPS) is 14.9. The van der Waals surface area contributed by atoms with Crippen molar-refractivity contribution >= 4 is 64.2 Å². The molecule has 1 aliphatic heterocycles. The summed E-state index contributed by atoms with van der Waals surface area (Å²) in [7, 11) is 0. The molecule has 1 saturated heterocycles. The third kappa shape index (κ3) is 4.29. The molecule has 1 fully saturated rings. The van der Waals surface area contributed by atoms with Crippen LogP contribution in [0.4, 0.5) is 11.4 Å². The number of carbonyl (C=O) groups is 3. The lowest BCUT2D eigenvalue weighted by atomic mass is 10.1. The van der Waals surface area contributed by atoms with Crippen LogP contribution in [0.3, 0.4) is 0 Å². The molecule has 0 atom stereocenters. The van der Waals surface area contributed by atoms with E-state index in [1.165, 1.54) is 60.7 Å². The van der Waals surface area contributed by atoms with Crippen LogP contribution in [-0.2, 0) is 9.59 Å². The first-order chi connectivity index (χ1) is 16.2. The highest BCUT2D eigenvalue weighted by Gasteiger charge is 2.35. The Balaban J connectivity index is 1.70. The largest absolute Gasteiger partial charge is 0.478 e. The van der Waals surface area contributed by atoms with Gasteiger partial charge in [-0.1, -0.05) is 17.7 Å². The molecule has 2 heterocycles. The van der Waals surface area contributed by atoms with Crippen LogP contribution in [0.5, 0.6) is 0 Å². The molecule has 4 rings (SSSR count). The fourth-order valence-electron chi connectivity index (χ4n) is 3.20. The van der Waals surface area contributed by atoms with Crippen LogP contribution in [0.15, 0.2) is 64.6 Å². The zero-order valence-electron chi connectivity index (χ0n) is 16.9. The number of nitrogens with zero attached hydrogens (tertiary/aromatic N) is 2. The number of amides is 2. The van der Waals surface area contributed by atoms with E-state index in [1.54, 1.807) is 0 Å². The number of benzene rings is 2. The van der Waals surface area contributed by atoms with Gasteiger partial charge in [-0.05, 0) is 54.7 Å². The number of non-ortho nitro benzene ring substituents is 1. The number of nitro benzene ring substituents is 1. The molecule has 12 heteroatoms. The quantitative estimate of drug-likeness (QED) is 0.177. The second-order valence-corrected chi connectivity index (χ2v) is 7.73. The molecule has 0 saturated carbocycles. The Bertz CT molecular complexity index is 1430. The number of carboxylic acid groups (broad SMARTS) is 1. The smallest absolute Gasteiger partial charge is 0.335 e. The van der Waals surface area contributed by atoms with Gasteiger partial charge in [0.05, 0.1) is 21.2 Å². The van der Waals surface area contributed by atoms with Gasteiger partial charge in [-0.3, -0.25) is 29.9 Å². The molecule has 1 aliphatic rings. The molecule has 34 heavy (non-hydrogen) atoms. The highest BCUT2D eigenvalue weighted by atomic mass is 35.5. The summed E-state index contributed by atoms with van der Waals surface area (Å²) >= 11 is 11.3. The van der Waals surface area contributed by atoms with Gasteiger partial charge in [-0.15, -0.1) is 0 Å². The van der Waals surface area contributed by atoms with Crippen molar-refractivity contribution in [1.82, 2.24) is 5.32 Å². The van der Waals surface area contributed by atoms with E-state index in [-0.39, 0.29) is 49.7 Å². The number of furan rings is 1. The second kappa shape index (κ2) is 8.89. The van der Waals surface area contributed by atoms with Crippen LogP contribution in [0.2, 0.25) is 5.02 Å². The van der Waals surface area contributed by atoms with Crippen molar-refractivity contribution in [2.75, 3.05) is 4.90 Å². The second-order valence-electron chi connectivity index (χ2n) is 6.94. The summed E-state index contributed by atoms with van der Waals surface area (Å²) in [6.07, 6.45) is 1.18. The summed E-state index contributed by atoms with van der Waals surface area (Å²) in [6, 6.07) is 12.3. The van der Waals surface area contributed by atoms with E-state index in [2.05, 4.69) is 5.32 Å². The summed E-state index contributed by atoms with van der Waals surface area (Å²) < 4.78 is 5.66. The van der Waals surface area contributed by atoms with Crippen LogP contribution < -0.4 is 10.2 Å². The number of nitrogens with one attached hydrogen (secondary N) is 1. The van der Waals surface area contributed by atoms with Crippen molar-refractivity contribution in [3.8, 4) is 11.3 Å². The van der Waals surface area contributed by atoms with Crippen molar-refractivity contribution in [1.29, 1.82) is 0 Å². The highest BCUT2D eigenvalue weighted by Crippen LogP contribution is 2.33. The molecule has 0 spiro atoms. The molecule has 2 aromatic carbocycles. The van der Waals surface area contributed by atoms with E-state index in [0.29, 0.717) is 0 Å². The lowest BCUT2D eigenvalue weighted by Crippen LogP contribution is -2.54. The number of anilines is 1. The predicted molar refractivity (Wildman–Crippen MR) is 125 cm³/mol. The average molecular weight is 498 g/mol. The minimum Gasteiger partial charge on any atom is -0.478 e. The number of halogens is 1. The maximum absolute atomic E-state index is 13.1. The van der Waals surface area contributed by atoms with Crippen molar-refractivity contribution in [3.63, 3.8) is 0 Å². The highest BCUT2D eigenvalue weighted by molar-refractivity contribution is 7.80. The third-order valence-corrected chi connectivity index (χ3v) is 5.41. The van der Waals surface area contributed by atoms with Crippen molar-refractivity contribution < 1.29 is 28.8 Å². The van der Waals surface area contributed by atoms with Crippen molar-refractivity contribution in [3.05, 3.63) is 86.6 Å². The van der Waals surface area contributed by atoms with Crippen molar-refractivity contribution in [2.45, 2.75) is 0 Å². The van der Waals surface area contributed by atoms with Crippen LogP contribution in [-0.4, -0.2) is 32.9 Å². The minimum absolute atomic E-state index is 0.0694. The Hall–Kier alpha value is -4.35. The summed E-state index contributed by atoms with van der Waals surface area (Å²) in [5.74, 6) is -2.47. The van der Waals surface area contributed by atoms with Gasteiger partial charge < -0.3 is 9.52 Å². The summed E-state index contributed by atoms with van der Waals surface area (Å²) in [6.45, 7) is 0. The number of rotatable bonds is 5. The van der Waals surface area contributed by atoms with Gasteiger partial charge in [0.25, 0.3) is 17.5 Å². The molecular formula is C22H12ClN3O7S. The molecule has 170 valence electrons. The van der Waals surface area contributed by atoms with Crippen LogP contribution in [0.25, 0.3) is 17.4 Å². The first-order valence-electron chi connectivity index (χ1n) is 9.44.